The van der Waals surface area contributed by atoms with E-state index in [2.05, 4.69) is 37.7 Å². The number of hydrogen-bond donors (Lipinski definition) is 4. The van der Waals surface area contributed by atoms with E-state index in [1.165, 1.54) is 29.8 Å². The maximum Gasteiger partial charge on any atom is 0.236 e. The summed E-state index contributed by atoms with van der Waals surface area (Å²) in [6, 6.07) is 30.0. The number of nitrogens with one attached hydrogen (secondary N) is 2. The lowest BCUT2D eigenvalue weighted by atomic mass is 10.1. The van der Waals surface area contributed by atoms with Gasteiger partial charge in [-0.25, -0.2) is 18.7 Å². The standard InChI is InChI=1S/C22H22FN5O.C22H22FN5/c1-14-8-18-16(11-24)9-17(23)10-19(18)28(14)22-26-13-20(29-2)21(27-22)25-12-15-6-4-3-5-7-15;1-14-12-26-22(27-21(14)25-13-16-6-4-3-5-7-16)28-15(2)8-19-17(11-24)9-18(23)10-20(19)28/h3-10,13H,11-12,24H2,1-2H3,(H,25,26,27);3-10,12H,11,13,24H2,1-2H3,(H,25,26,27). The zero-order chi connectivity index (χ0) is 40.1. The van der Waals surface area contributed by atoms with E-state index in [1.807, 2.05) is 90.6 Å². The monoisotopic (exact) mass is 766 g/mol. The molecule has 0 atom stereocenters. The van der Waals surface area contributed by atoms with Crippen LogP contribution in [0.3, 0.4) is 0 Å². The maximum atomic E-state index is 14.2. The van der Waals surface area contributed by atoms with Crippen molar-refractivity contribution in [3.8, 4) is 17.6 Å². The Morgan fingerprint density at radius 2 is 1.07 bits per heavy atom. The van der Waals surface area contributed by atoms with Crippen molar-refractivity contribution in [1.29, 1.82) is 0 Å². The van der Waals surface area contributed by atoms with Crippen molar-refractivity contribution in [2.45, 2.75) is 47.0 Å². The number of benzene rings is 4. The van der Waals surface area contributed by atoms with Gasteiger partial charge in [-0.15, -0.1) is 0 Å². The second-order valence-electron chi connectivity index (χ2n) is 13.6. The Bertz CT molecular complexity index is 2660. The second-order valence-corrected chi connectivity index (χ2v) is 13.6. The van der Waals surface area contributed by atoms with E-state index in [1.54, 1.807) is 19.5 Å². The first kappa shape index (κ1) is 38.6. The highest BCUT2D eigenvalue weighted by Crippen LogP contribution is 2.30. The summed E-state index contributed by atoms with van der Waals surface area (Å²) in [6.45, 7) is 7.63. The molecule has 0 saturated heterocycles. The van der Waals surface area contributed by atoms with Crippen LogP contribution in [0.25, 0.3) is 33.7 Å². The van der Waals surface area contributed by atoms with Gasteiger partial charge in [-0.2, -0.15) is 9.97 Å². The third-order valence-corrected chi connectivity index (χ3v) is 9.68. The van der Waals surface area contributed by atoms with Crippen LogP contribution in [0.2, 0.25) is 0 Å². The molecule has 8 rings (SSSR count). The Hall–Kier alpha value is -6.70. The highest BCUT2D eigenvalue weighted by molar-refractivity contribution is 5.87. The van der Waals surface area contributed by atoms with Crippen LogP contribution >= 0.6 is 0 Å². The van der Waals surface area contributed by atoms with E-state index in [-0.39, 0.29) is 24.7 Å². The number of methoxy groups -OCH3 is 1. The lowest BCUT2D eigenvalue weighted by Crippen LogP contribution is -2.09. The number of ether oxygens (including phenoxy) is 1. The number of aryl methyl sites for hydroxylation is 3. The number of hydrogen-bond acceptors (Lipinski definition) is 9. The highest BCUT2D eigenvalue weighted by atomic mass is 19.1. The first-order valence-corrected chi connectivity index (χ1v) is 18.5. The quantitative estimate of drug-likeness (QED) is 0.102. The largest absolute Gasteiger partial charge is 0.491 e. The van der Waals surface area contributed by atoms with E-state index >= 15 is 0 Å². The summed E-state index contributed by atoms with van der Waals surface area (Å²) >= 11 is 0. The minimum Gasteiger partial charge on any atom is -0.491 e. The van der Waals surface area contributed by atoms with E-state index in [9.17, 15) is 8.78 Å². The van der Waals surface area contributed by atoms with Crippen LogP contribution in [0.15, 0.2) is 109 Å². The van der Waals surface area contributed by atoms with Crippen molar-refractivity contribution < 1.29 is 13.5 Å². The maximum absolute atomic E-state index is 14.2. The fourth-order valence-electron chi connectivity index (χ4n) is 6.84. The van der Waals surface area contributed by atoms with Gasteiger partial charge < -0.3 is 26.8 Å². The molecule has 0 aliphatic heterocycles. The van der Waals surface area contributed by atoms with Gasteiger partial charge in [0.15, 0.2) is 11.6 Å². The van der Waals surface area contributed by atoms with Crippen LogP contribution < -0.4 is 26.8 Å². The van der Waals surface area contributed by atoms with Gasteiger partial charge in [0, 0.05) is 60.1 Å². The minimum atomic E-state index is -0.340. The summed E-state index contributed by atoms with van der Waals surface area (Å²) in [5, 5.41) is 8.49. The Balaban J connectivity index is 0.000000174. The van der Waals surface area contributed by atoms with E-state index in [4.69, 9.17) is 21.2 Å². The number of nitrogens with two attached hydrogens (primary N) is 2. The lowest BCUT2D eigenvalue weighted by Gasteiger charge is -2.13. The minimum absolute atomic E-state index is 0.255. The zero-order valence-electron chi connectivity index (χ0n) is 32.2. The summed E-state index contributed by atoms with van der Waals surface area (Å²) in [6.07, 6.45) is 3.40. The molecule has 0 fully saturated rings. The molecule has 0 unspecified atom stereocenters. The predicted octanol–water partition coefficient (Wildman–Crippen LogP) is 8.19. The summed E-state index contributed by atoms with van der Waals surface area (Å²) in [4.78, 5) is 18.3. The third kappa shape index (κ3) is 8.30. The molecule has 13 heteroatoms. The van der Waals surface area contributed by atoms with Gasteiger partial charge in [-0.3, -0.25) is 9.13 Å². The molecule has 11 nitrogen and oxygen atoms in total. The Morgan fingerprint density at radius 1 is 0.614 bits per heavy atom. The van der Waals surface area contributed by atoms with Gasteiger partial charge >= 0.3 is 0 Å². The zero-order valence-corrected chi connectivity index (χ0v) is 32.2. The van der Waals surface area contributed by atoms with Crippen molar-refractivity contribution in [2.75, 3.05) is 17.7 Å². The molecule has 0 aliphatic carbocycles. The third-order valence-electron chi connectivity index (χ3n) is 9.68. The van der Waals surface area contributed by atoms with Crippen molar-refractivity contribution in [1.82, 2.24) is 29.1 Å². The summed E-state index contributed by atoms with van der Waals surface area (Å²) in [5.41, 5.74) is 19.6. The Morgan fingerprint density at radius 3 is 1.54 bits per heavy atom. The van der Waals surface area contributed by atoms with Crippen LogP contribution in [0.5, 0.6) is 5.75 Å². The van der Waals surface area contributed by atoms with Crippen LogP contribution in [0.1, 0.15) is 39.2 Å². The number of fused-ring (bicyclic) bond motifs is 2. The molecule has 4 aromatic carbocycles. The average molecular weight is 767 g/mol. The number of anilines is 2. The van der Waals surface area contributed by atoms with Gasteiger partial charge in [-0.1, -0.05) is 60.7 Å². The van der Waals surface area contributed by atoms with Gasteiger partial charge in [0.1, 0.15) is 17.5 Å². The molecule has 4 heterocycles. The highest BCUT2D eigenvalue weighted by Gasteiger charge is 2.18. The summed E-state index contributed by atoms with van der Waals surface area (Å²) in [7, 11) is 1.57. The Kier molecular flexibility index (Phi) is 11.5. The number of nitrogens with zero attached hydrogens (tertiary/aromatic N) is 6. The predicted molar refractivity (Wildman–Crippen MR) is 222 cm³/mol. The van der Waals surface area contributed by atoms with Gasteiger partial charge in [0.25, 0.3) is 0 Å². The van der Waals surface area contributed by atoms with E-state index in [0.717, 1.165) is 55.7 Å². The Labute approximate surface area is 329 Å². The van der Waals surface area contributed by atoms with Crippen LogP contribution in [-0.2, 0) is 26.2 Å². The molecule has 8 aromatic rings. The smallest absolute Gasteiger partial charge is 0.236 e. The molecule has 290 valence electrons. The molecule has 0 bridgehead atoms. The molecular formula is C44H44F2N10O. The fourth-order valence-corrected chi connectivity index (χ4v) is 6.84. The molecule has 0 spiro atoms. The van der Waals surface area contributed by atoms with Gasteiger partial charge in [0.2, 0.25) is 11.9 Å². The molecule has 4 aromatic heterocycles. The van der Waals surface area contributed by atoms with Crippen molar-refractivity contribution in [2.24, 2.45) is 11.5 Å². The molecule has 0 aliphatic rings. The van der Waals surface area contributed by atoms with Crippen LogP contribution in [0.4, 0.5) is 20.4 Å². The van der Waals surface area contributed by atoms with Crippen molar-refractivity contribution in [3.63, 3.8) is 0 Å². The second kappa shape index (κ2) is 17.0. The fraction of sp³-hybridized carbons (Fsp3) is 0.182. The molecule has 0 amide bonds. The molecule has 0 saturated carbocycles. The average Bonchev–Trinajstić information content (AvgIpc) is 3.74. The summed E-state index contributed by atoms with van der Waals surface area (Å²) in [5.74, 6) is 2.14. The molecular weight excluding hydrogens is 723 g/mol. The van der Waals surface area contributed by atoms with Crippen molar-refractivity contribution >= 4 is 33.4 Å². The molecule has 57 heavy (non-hydrogen) atoms. The van der Waals surface area contributed by atoms with Gasteiger partial charge in [-0.05, 0) is 79.4 Å². The number of halogens is 2. The molecule has 6 N–H and O–H groups in total. The van der Waals surface area contributed by atoms with Crippen LogP contribution in [0, 0.1) is 32.4 Å². The normalized spacial score (nSPS) is 11.1. The van der Waals surface area contributed by atoms with E-state index in [0.29, 0.717) is 42.1 Å². The first-order chi connectivity index (χ1) is 27.7. The van der Waals surface area contributed by atoms with Crippen molar-refractivity contribution in [3.05, 3.63) is 160 Å². The van der Waals surface area contributed by atoms with E-state index < -0.39 is 0 Å². The first-order valence-electron chi connectivity index (χ1n) is 18.5. The SMILES string of the molecule is COc1cnc(-n2c(C)cc3c(CN)cc(F)cc32)nc1NCc1ccccc1.Cc1cnc(-n2c(C)cc3c(CN)cc(F)cc32)nc1NCc1ccccc1. The lowest BCUT2D eigenvalue weighted by molar-refractivity contribution is 0.412. The summed E-state index contributed by atoms with van der Waals surface area (Å²) < 4.78 is 37.4. The van der Waals surface area contributed by atoms with Gasteiger partial charge in [0.05, 0.1) is 24.3 Å². The topological polar surface area (TPSA) is 147 Å². The molecule has 0 radical (unpaired) electrons. The number of rotatable bonds is 11. The van der Waals surface area contributed by atoms with Crippen LogP contribution in [-0.4, -0.2) is 36.2 Å². The number of aromatic nitrogens is 6.